The molecule has 1 atom stereocenters. The van der Waals surface area contributed by atoms with Crippen molar-refractivity contribution in [2.75, 3.05) is 27.2 Å². The Morgan fingerprint density at radius 3 is 2.54 bits per heavy atom. The van der Waals surface area contributed by atoms with Gasteiger partial charge in [-0.3, -0.25) is 14.5 Å². The molecule has 0 aliphatic heterocycles. The lowest BCUT2D eigenvalue weighted by Gasteiger charge is -2.16. The number of ether oxygens (including phenoxy) is 1. The topological polar surface area (TPSA) is 72.6 Å². The fourth-order valence-electron chi connectivity index (χ4n) is 0.807. The molecule has 6 heteroatoms. The van der Waals surface area contributed by atoms with Crippen LogP contribution in [0.25, 0.3) is 0 Å². The molecule has 76 valence electrons. The number of amides is 1. The van der Waals surface area contributed by atoms with Gasteiger partial charge in [0.05, 0.1) is 13.7 Å². The van der Waals surface area contributed by atoms with Crippen molar-refractivity contribution in [1.29, 1.82) is 0 Å². The van der Waals surface area contributed by atoms with Gasteiger partial charge in [-0.2, -0.15) is 0 Å². The predicted octanol–water partition coefficient (Wildman–Crippen LogP) is -0.816. The number of nitrogens with zero attached hydrogens (tertiary/aromatic N) is 1. The van der Waals surface area contributed by atoms with Crippen LogP contribution >= 0.6 is 11.6 Å². The van der Waals surface area contributed by atoms with E-state index in [9.17, 15) is 9.59 Å². The number of alkyl halides is 1. The molecule has 0 aromatic rings. The summed E-state index contributed by atoms with van der Waals surface area (Å²) in [5.74, 6) is -0.978. The summed E-state index contributed by atoms with van der Waals surface area (Å²) in [6.07, 6.45) is 0. The number of hydrogen-bond acceptors (Lipinski definition) is 4. The van der Waals surface area contributed by atoms with E-state index in [2.05, 4.69) is 4.74 Å². The van der Waals surface area contributed by atoms with Gasteiger partial charge in [0.1, 0.15) is 5.38 Å². The SMILES string of the molecule is COC(=O)C(Cl)CN(C)CC(N)=O. The normalized spacial score (nSPS) is 12.6. The second-order valence-corrected chi connectivity index (χ2v) is 3.18. The Morgan fingerprint density at radius 2 is 2.15 bits per heavy atom. The summed E-state index contributed by atoms with van der Waals surface area (Å²) >= 11 is 5.64. The zero-order valence-corrected chi connectivity index (χ0v) is 8.37. The average molecular weight is 209 g/mol. The fraction of sp³-hybridized carbons (Fsp3) is 0.714. The molecule has 0 aliphatic carbocycles. The molecule has 0 saturated carbocycles. The van der Waals surface area contributed by atoms with Crippen LogP contribution in [-0.4, -0.2) is 49.4 Å². The first-order valence-electron chi connectivity index (χ1n) is 3.66. The van der Waals surface area contributed by atoms with Crippen LogP contribution in [0, 0.1) is 0 Å². The zero-order chi connectivity index (χ0) is 10.4. The molecule has 0 aromatic carbocycles. The van der Waals surface area contributed by atoms with Crippen molar-refractivity contribution in [2.24, 2.45) is 5.73 Å². The summed E-state index contributed by atoms with van der Waals surface area (Å²) in [5, 5.41) is -0.769. The van der Waals surface area contributed by atoms with Gasteiger partial charge in [0.2, 0.25) is 5.91 Å². The summed E-state index contributed by atoms with van der Waals surface area (Å²) < 4.78 is 4.40. The van der Waals surface area contributed by atoms with E-state index in [1.807, 2.05) is 0 Å². The molecule has 2 N–H and O–H groups in total. The van der Waals surface area contributed by atoms with E-state index < -0.39 is 17.3 Å². The lowest BCUT2D eigenvalue weighted by molar-refractivity contribution is -0.140. The zero-order valence-electron chi connectivity index (χ0n) is 7.62. The van der Waals surface area contributed by atoms with Crippen molar-refractivity contribution in [3.63, 3.8) is 0 Å². The second-order valence-electron chi connectivity index (χ2n) is 2.65. The van der Waals surface area contributed by atoms with E-state index in [4.69, 9.17) is 17.3 Å². The van der Waals surface area contributed by atoms with Gasteiger partial charge in [-0.25, -0.2) is 0 Å². The lowest BCUT2D eigenvalue weighted by atomic mass is 10.4. The molecule has 0 fully saturated rings. The monoisotopic (exact) mass is 208 g/mol. The number of rotatable bonds is 5. The Balaban J connectivity index is 3.83. The highest BCUT2D eigenvalue weighted by Crippen LogP contribution is 2.00. The first-order valence-corrected chi connectivity index (χ1v) is 4.09. The Kier molecular flexibility index (Phi) is 5.41. The van der Waals surface area contributed by atoms with E-state index in [1.54, 1.807) is 11.9 Å². The minimum atomic E-state index is -0.769. The minimum Gasteiger partial charge on any atom is -0.468 e. The highest BCUT2D eigenvalue weighted by molar-refractivity contribution is 6.30. The van der Waals surface area contributed by atoms with Crippen LogP contribution in [0.4, 0.5) is 0 Å². The van der Waals surface area contributed by atoms with Gasteiger partial charge >= 0.3 is 5.97 Å². The molecular weight excluding hydrogens is 196 g/mol. The molecule has 1 unspecified atom stereocenters. The number of likely N-dealkylation sites (N-methyl/N-ethyl adjacent to an activating group) is 1. The summed E-state index contributed by atoms with van der Waals surface area (Å²) in [5.41, 5.74) is 4.94. The molecule has 0 aliphatic rings. The van der Waals surface area contributed by atoms with Gasteiger partial charge in [-0.1, -0.05) is 0 Å². The number of methoxy groups -OCH3 is 1. The van der Waals surface area contributed by atoms with Crippen LogP contribution in [0.15, 0.2) is 0 Å². The number of carbonyl (C=O) groups excluding carboxylic acids is 2. The molecule has 1 amide bonds. The number of hydrogen-bond donors (Lipinski definition) is 1. The first-order chi connectivity index (χ1) is 5.97. The molecule has 0 saturated heterocycles. The van der Waals surface area contributed by atoms with Crippen LogP contribution in [0.2, 0.25) is 0 Å². The highest BCUT2D eigenvalue weighted by Gasteiger charge is 2.18. The molecule has 0 heterocycles. The van der Waals surface area contributed by atoms with Gasteiger partial charge in [0.15, 0.2) is 0 Å². The Morgan fingerprint density at radius 1 is 1.62 bits per heavy atom. The number of primary amides is 1. The first kappa shape index (κ1) is 12.2. The molecule has 0 bridgehead atoms. The summed E-state index contributed by atoms with van der Waals surface area (Å²) in [4.78, 5) is 22.8. The second kappa shape index (κ2) is 5.77. The average Bonchev–Trinajstić information content (AvgIpc) is 2.01. The number of halogens is 1. The number of carbonyl (C=O) groups is 2. The predicted molar refractivity (Wildman–Crippen MR) is 48.3 cm³/mol. The maximum atomic E-state index is 10.8. The number of nitrogens with two attached hydrogens (primary N) is 1. The number of esters is 1. The van der Waals surface area contributed by atoms with Crippen molar-refractivity contribution < 1.29 is 14.3 Å². The summed E-state index contributed by atoms with van der Waals surface area (Å²) in [6, 6.07) is 0. The summed E-state index contributed by atoms with van der Waals surface area (Å²) in [7, 11) is 2.90. The standard InChI is InChI=1S/C7H13ClN2O3/c1-10(4-6(9)11)3-5(8)7(12)13-2/h5H,3-4H2,1-2H3,(H2,9,11). The van der Waals surface area contributed by atoms with Crippen LogP contribution < -0.4 is 5.73 Å². The maximum absolute atomic E-state index is 10.8. The Bertz CT molecular complexity index is 198. The molecule has 13 heavy (non-hydrogen) atoms. The molecular formula is C7H13ClN2O3. The minimum absolute atomic E-state index is 0.0697. The smallest absolute Gasteiger partial charge is 0.325 e. The Labute approximate surface area is 81.8 Å². The van der Waals surface area contributed by atoms with E-state index in [1.165, 1.54) is 7.11 Å². The molecule has 0 aromatic heterocycles. The molecule has 5 nitrogen and oxygen atoms in total. The van der Waals surface area contributed by atoms with Gasteiger partial charge in [0, 0.05) is 6.54 Å². The van der Waals surface area contributed by atoms with E-state index in [0.717, 1.165) is 0 Å². The fourth-order valence-corrected chi connectivity index (χ4v) is 1.13. The largest absolute Gasteiger partial charge is 0.468 e. The van der Waals surface area contributed by atoms with Crippen molar-refractivity contribution in [3.05, 3.63) is 0 Å². The van der Waals surface area contributed by atoms with E-state index in [0.29, 0.717) is 0 Å². The third-order valence-electron chi connectivity index (χ3n) is 1.35. The summed E-state index contributed by atoms with van der Waals surface area (Å²) in [6.45, 7) is 0.303. The van der Waals surface area contributed by atoms with Crippen molar-refractivity contribution in [2.45, 2.75) is 5.38 Å². The quantitative estimate of drug-likeness (QED) is 0.474. The van der Waals surface area contributed by atoms with Crippen molar-refractivity contribution in [3.8, 4) is 0 Å². The van der Waals surface area contributed by atoms with Gasteiger partial charge in [0.25, 0.3) is 0 Å². The third kappa shape index (κ3) is 5.43. The van der Waals surface area contributed by atoms with Crippen LogP contribution in [0.1, 0.15) is 0 Å². The van der Waals surface area contributed by atoms with Gasteiger partial charge in [-0.15, -0.1) is 11.6 Å². The lowest BCUT2D eigenvalue weighted by Crippen LogP contribution is -2.37. The third-order valence-corrected chi connectivity index (χ3v) is 1.67. The highest BCUT2D eigenvalue weighted by atomic mass is 35.5. The van der Waals surface area contributed by atoms with Crippen LogP contribution in [-0.2, 0) is 14.3 Å². The van der Waals surface area contributed by atoms with Crippen LogP contribution in [0.5, 0.6) is 0 Å². The van der Waals surface area contributed by atoms with Crippen molar-refractivity contribution >= 4 is 23.5 Å². The van der Waals surface area contributed by atoms with Gasteiger partial charge < -0.3 is 10.5 Å². The van der Waals surface area contributed by atoms with E-state index >= 15 is 0 Å². The Hall–Kier alpha value is -0.810. The van der Waals surface area contributed by atoms with Crippen molar-refractivity contribution in [1.82, 2.24) is 4.90 Å². The molecule has 0 rings (SSSR count). The van der Waals surface area contributed by atoms with Crippen LogP contribution in [0.3, 0.4) is 0 Å². The molecule has 0 spiro atoms. The van der Waals surface area contributed by atoms with E-state index in [-0.39, 0.29) is 13.1 Å². The molecule has 0 radical (unpaired) electrons. The maximum Gasteiger partial charge on any atom is 0.325 e. The van der Waals surface area contributed by atoms with Gasteiger partial charge in [-0.05, 0) is 7.05 Å².